The van der Waals surface area contributed by atoms with Gasteiger partial charge >= 0.3 is 5.97 Å². The molecule has 0 fully saturated rings. The first-order chi connectivity index (χ1) is 18.5. The van der Waals surface area contributed by atoms with Crippen molar-refractivity contribution in [3.63, 3.8) is 0 Å². The Morgan fingerprint density at radius 2 is 1.28 bits per heavy atom. The van der Waals surface area contributed by atoms with E-state index in [9.17, 15) is 21.6 Å². The lowest BCUT2D eigenvalue weighted by atomic mass is 9.94. The molecule has 4 rings (SSSR count). The van der Waals surface area contributed by atoms with Crippen molar-refractivity contribution >= 4 is 36.8 Å². The van der Waals surface area contributed by atoms with E-state index >= 15 is 0 Å². The standard InChI is InChI=1S/C29H28N2O6S2/c1-20-11-15-23(16-12-20)38(33,34)30-19-27(29(32)37-3)28(26-10-6-8-22-7-4-5-9-25(22)26)31-39(35,36)24-17-13-21(2)14-18-24/h4-19,28,30-31H,1-3H3/b27-19+. The summed E-state index contributed by atoms with van der Waals surface area (Å²) in [4.78, 5) is 13.0. The molecule has 1 atom stereocenters. The Morgan fingerprint density at radius 3 is 1.87 bits per heavy atom. The summed E-state index contributed by atoms with van der Waals surface area (Å²) in [6, 6.07) is 23.6. The summed E-state index contributed by atoms with van der Waals surface area (Å²) in [6.45, 7) is 3.66. The third kappa shape index (κ3) is 6.36. The summed E-state index contributed by atoms with van der Waals surface area (Å²) >= 11 is 0. The van der Waals surface area contributed by atoms with Gasteiger partial charge in [0.1, 0.15) is 0 Å². The number of sulfonamides is 2. The zero-order valence-corrected chi connectivity index (χ0v) is 23.2. The number of aryl methyl sites for hydroxylation is 2. The Morgan fingerprint density at radius 1 is 0.744 bits per heavy atom. The number of carbonyl (C=O) groups is 1. The molecule has 0 saturated heterocycles. The molecule has 10 heteroatoms. The Kier molecular flexibility index (Phi) is 8.19. The first kappa shape index (κ1) is 28.0. The highest BCUT2D eigenvalue weighted by molar-refractivity contribution is 7.89. The molecule has 0 aromatic heterocycles. The molecule has 4 aromatic carbocycles. The number of benzene rings is 4. The predicted molar refractivity (Wildman–Crippen MR) is 150 cm³/mol. The number of hydrogen-bond acceptors (Lipinski definition) is 6. The van der Waals surface area contributed by atoms with Crippen molar-refractivity contribution in [2.45, 2.75) is 29.7 Å². The summed E-state index contributed by atoms with van der Waals surface area (Å²) in [6.07, 6.45) is 0.977. The van der Waals surface area contributed by atoms with Gasteiger partial charge < -0.3 is 4.74 Å². The van der Waals surface area contributed by atoms with Gasteiger partial charge in [-0.3, -0.25) is 4.72 Å². The fourth-order valence-corrected chi connectivity index (χ4v) is 6.15. The van der Waals surface area contributed by atoms with Gasteiger partial charge in [-0.25, -0.2) is 21.6 Å². The predicted octanol–water partition coefficient (Wildman–Crippen LogP) is 4.51. The Labute approximate surface area is 228 Å². The van der Waals surface area contributed by atoms with Gasteiger partial charge in [-0.15, -0.1) is 0 Å². The van der Waals surface area contributed by atoms with Gasteiger partial charge in [0.25, 0.3) is 10.0 Å². The van der Waals surface area contributed by atoms with E-state index in [1.807, 2.05) is 32.0 Å². The monoisotopic (exact) mass is 564 g/mol. The van der Waals surface area contributed by atoms with Crippen molar-refractivity contribution in [3.05, 3.63) is 119 Å². The van der Waals surface area contributed by atoms with Crippen LogP contribution in [0.1, 0.15) is 22.7 Å². The van der Waals surface area contributed by atoms with E-state index in [-0.39, 0.29) is 15.4 Å². The van der Waals surface area contributed by atoms with Crippen LogP contribution in [0.15, 0.2) is 113 Å². The molecular weight excluding hydrogens is 536 g/mol. The maximum atomic E-state index is 13.5. The van der Waals surface area contributed by atoms with Crippen LogP contribution < -0.4 is 9.44 Å². The van der Waals surface area contributed by atoms with Crippen molar-refractivity contribution in [3.8, 4) is 0 Å². The zero-order valence-electron chi connectivity index (χ0n) is 21.6. The topological polar surface area (TPSA) is 119 Å². The molecule has 0 bridgehead atoms. The van der Waals surface area contributed by atoms with E-state index in [2.05, 4.69) is 9.44 Å². The third-order valence-electron chi connectivity index (χ3n) is 6.17. The summed E-state index contributed by atoms with van der Waals surface area (Å²) in [7, 11) is -7.11. The lowest BCUT2D eigenvalue weighted by molar-refractivity contribution is -0.136. The van der Waals surface area contributed by atoms with Gasteiger partial charge in [0, 0.05) is 6.20 Å². The highest BCUT2D eigenvalue weighted by Crippen LogP contribution is 2.31. The van der Waals surface area contributed by atoms with Crippen LogP contribution in [-0.2, 0) is 29.6 Å². The molecule has 0 aliphatic rings. The number of rotatable bonds is 9. The summed E-state index contributed by atoms with van der Waals surface area (Å²) in [5.74, 6) is -0.911. The summed E-state index contributed by atoms with van der Waals surface area (Å²) in [5.41, 5.74) is 1.94. The summed E-state index contributed by atoms with van der Waals surface area (Å²) in [5, 5.41) is 1.48. The van der Waals surface area contributed by atoms with Crippen LogP contribution in [0.4, 0.5) is 0 Å². The van der Waals surface area contributed by atoms with Gasteiger partial charge in [0.05, 0.1) is 28.5 Å². The molecule has 2 N–H and O–H groups in total. The number of fused-ring (bicyclic) bond motifs is 1. The Bertz CT molecular complexity index is 1740. The number of methoxy groups -OCH3 is 1. The van der Waals surface area contributed by atoms with Crippen LogP contribution in [0, 0.1) is 13.8 Å². The summed E-state index contributed by atoms with van der Waals surface area (Å²) < 4.78 is 62.9. The molecule has 0 aliphatic carbocycles. The van der Waals surface area contributed by atoms with Crippen molar-refractivity contribution < 1.29 is 26.4 Å². The number of carbonyl (C=O) groups excluding carboxylic acids is 1. The second-order valence-electron chi connectivity index (χ2n) is 8.96. The second-order valence-corrected chi connectivity index (χ2v) is 12.4. The highest BCUT2D eigenvalue weighted by Gasteiger charge is 2.31. The minimum atomic E-state index is -4.17. The van der Waals surface area contributed by atoms with Gasteiger partial charge in [0.2, 0.25) is 10.0 Å². The largest absolute Gasteiger partial charge is 0.466 e. The second kappa shape index (κ2) is 11.4. The van der Waals surface area contributed by atoms with Crippen LogP contribution in [0.5, 0.6) is 0 Å². The van der Waals surface area contributed by atoms with Crippen molar-refractivity contribution in [2.75, 3.05) is 7.11 Å². The van der Waals surface area contributed by atoms with E-state index in [1.54, 1.807) is 48.5 Å². The molecule has 0 amide bonds. The van der Waals surface area contributed by atoms with Crippen LogP contribution >= 0.6 is 0 Å². The number of nitrogens with one attached hydrogen (secondary N) is 2. The number of esters is 1. The quantitative estimate of drug-likeness (QED) is 0.228. The molecule has 0 saturated carbocycles. The van der Waals surface area contributed by atoms with E-state index in [0.29, 0.717) is 10.9 Å². The first-order valence-electron chi connectivity index (χ1n) is 12.0. The van der Waals surface area contributed by atoms with Crippen LogP contribution in [-0.4, -0.2) is 29.9 Å². The fraction of sp³-hybridized carbons (Fsp3) is 0.138. The molecule has 0 heterocycles. The average molecular weight is 565 g/mol. The maximum Gasteiger partial charge on any atom is 0.337 e. The molecule has 0 spiro atoms. The number of hydrogen-bond donors (Lipinski definition) is 2. The van der Waals surface area contributed by atoms with E-state index in [1.165, 1.54) is 24.3 Å². The maximum absolute atomic E-state index is 13.5. The van der Waals surface area contributed by atoms with Gasteiger partial charge in [0.15, 0.2) is 0 Å². The fourth-order valence-electron chi connectivity index (χ4n) is 4.04. The minimum Gasteiger partial charge on any atom is -0.466 e. The van der Waals surface area contributed by atoms with E-state index < -0.39 is 32.1 Å². The highest BCUT2D eigenvalue weighted by atomic mass is 32.2. The van der Waals surface area contributed by atoms with Crippen LogP contribution in [0.2, 0.25) is 0 Å². The first-order valence-corrected chi connectivity index (χ1v) is 14.9. The van der Waals surface area contributed by atoms with Gasteiger partial charge in [-0.1, -0.05) is 77.9 Å². The molecule has 4 aromatic rings. The van der Waals surface area contributed by atoms with Gasteiger partial charge in [-0.05, 0) is 54.4 Å². The lowest BCUT2D eigenvalue weighted by Gasteiger charge is -2.23. The zero-order chi connectivity index (χ0) is 28.2. The van der Waals surface area contributed by atoms with E-state index in [4.69, 9.17) is 4.74 Å². The van der Waals surface area contributed by atoms with E-state index in [0.717, 1.165) is 29.8 Å². The molecule has 1 unspecified atom stereocenters. The van der Waals surface area contributed by atoms with Gasteiger partial charge in [-0.2, -0.15) is 4.72 Å². The Hall–Kier alpha value is -3.99. The lowest BCUT2D eigenvalue weighted by Crippen LogP contribution is -2.34. The normalized spacial score (nSPS) is 13.2. The molecule has 8 nitrogen and oxygen atoms in total. The molecule has 0 radical (unpaired) electrons. The molecule has 202 valence electrons. The number of ether oxygens (including phenoxy) is 1. The minimum absolute atomic E-state index is 0.0113. The van der Waals surface area contributed by atoms with Crippen molar-refractivity contribution in [1.82, 2.24) is 9.44 Å². The van der Waals surface area contributed by atoms with Crippen molar-refractivity contribution in [1.29, 1.82) is 0 Å². The van der Waals surface area contributed by atoms with Crippen LogP contribution in [0.3, 0.4) is 0 Å². The van der Waals surface area contributed by atoms with Crippen molar-refractivity contribution in [2.24, 2.45) is 0 Å². The SMILES string of the molecule is COC(=O)/C(=C/NS(=O)(=O)c1ccc(C)cc1)C(NS(=O)(=O)c1ccc(C)cc1)c1cccc2ccccc12. The van der Waals surface area contributed by atoms with Crippen LogP contribution in [0.25, 0.3) is 10.8 Å². The molecule has 39 heavy (non-hydrogen) atoms. The molecule has 0 aliphatic heterocycles. The smallest absolute Gasteiger partial charge is 0.337 e. The molecular formula is C29H28N2O6S2. The third-order valence-corrected chi connectivity index (χ3v) is 8.93. The Balaban J connectivity index is 1.87. The average Bonchev–Trinajstić information content (AvgIpc) is 2.92.